The van der Waals surface area contributed by atoms with Gasteiger partial charge in [0.2, 0.25) is 11.8 Å². The van der Waals surface area contributed by atoms with Gasteiger partial charge in [-0.1, -0.05) is 11.8 Å². The van der Waals surface area contributed by atoms with Crippen LogP contribution in [0.5, 0.6) is 5.88 Å². The van der Waals surface area contributed by atoms with E-state index in [1.165, 1.54) is 0 Å². The average Bonchev–Trinajstić information content (AvgIpc) is 3.57. The minimum atomic E-state index is 0.0197. The summed E-state index contributed by atoms with van der Waals surface area (Å²) in [6, 6.07) is 5.43. The van der Waals surface area contributed by atoms with Crippen LogP contribution in [-0.4, -0.2) is 35.0 Å². The van der Waals surface area contributed by atoms with E-state index in [0.29, 0.717) is 17.5 Å². The van der Waals surface area contributed by atoms with Crippen LogP contribution < -0.4 is 15.4 Å². The Labute approximate surface area is 162 Å². The number of hydrogen-bond donors (Lipinski definition) is 2. The smallest absolute Gasteiger partial charge is 0.228 e. The number of hydrogen-bond acceptors (Lipinski definition) is 6. The molecule has 4 rings (SSSR count). The molecule has 0 unspecified atom stereocenters. The van der Waals surface area contributed by atoms with E-state index in [9.17, 15) is 4.79 Å². The normalized spacial score (nSPS) is 12.8. The van der Waals surface area contributed by atoms with Crippen LogP contribution in [-0.2, 0) is 4.79 Å². The molecule has 2 N–H and O–H groups in total. The van der Waals surface area contributed by atoms with Crippen molar-refractivity contribution in [2.75, 3.05) is 24.8 Å². The maximum Gasteiger partial charge on any atom is 0.228 e. The Morgan fingerprint density at radius 2 is 2.00 bits per heavy atom. The zero-order chi connectivity index (χ0) is 19.5. The highest BCUT2D eigenvalue weighted by molar-refractivity contribution is 5.99. The maximum absolute atomic E-state index is 12.1. The minimum absolute atomic E-state index is 0.0197. The third-order valence-corrected chi connectivity index (χ3v) is 4.49. The molecule has 0 atom stereocenters. The summed E-state index contributed by atoms with van der Waals surface area (Å²) in [5, 5.41) is 7.66. The van der Waals surface area contributed by atoms with E-state index < -0.39 is 0 Å². The summed E-state index contributed by atoms with van der Waals surface area (Å²) < 4.78 is 5.14. The zero-order valence-corrected chi connectivity index (χ0v) is 15.6. The van der Waals surface area contributed by atoms with Gasteiger partial charge in [-0.25, -0.2) is 15.0 Å². The fourth-order valence-electron chi connectivity index (χ4n) is 2.81. The summed E-state index contributed by atoms with van der Waals surface area (Å²) in [5.41, 5.74) is 1.53. The Hall–Kier alpha value is -3.66. The van der Waals surface area contributed by atoms with Crippen LogP contribution in [0.25, 0.3) is 10.8 Å². The number of anilines is 2. The molecule has 3 heterocycles. The molecule has 0 aromatic carbocycles. The highest BCUT2D eigenvalue weighted by Gasteiger charge is 2.29. The molecular formula is C21H19N5O2. The molecule has 28 heavy (non-hydrogen) atoms. The number of aromatic nitrogens is 3. The third kappa shape index (κ3) is 3.71. The third-order valence-electron chi connectivity index (χ3n) is 4.49. The second kappa shape index (κ2) is 7.53. The van der Waals surface area contributed by atoms with E-state index >= 15 is 0 Å². The molecule has 0 radical (unpaired) electrons. The number of methoxy groups -OCH3 is 1. The van der Waals surface area contributed by atoms with Crippen molar-refractivity contribution in [1.29, 1.82) is 0 Å². The average molecular weight is 373 g/mol. The van der Waals surface area contributed by atoms with Crippen LogP contribution in [0.3, 0.4) is 0 Å². The quantitative estimate of drug-likeness (QED) is 0.684. The Morgan fingerprint density at radius 3 is 2.75 bits per heavy atom. The van der Waals surface area contributed by atoms with E-state index in [2.05, 4.69) is 37.4 Å². The van der Waals surface area contributed by atoms with Crippen LogP contribution in [0, 0.1) is 17.8 Å². The van der Waals surface area contributed by atoms with Gasteiger partial charge in [0.25, 0.3) is 0 Å². The lowest BCUT2D eigenvalue weighted by molar-refractivity contribution is -0.117. The molecule has 0 spiro atoms. The number of carbonyl (C=O) groups excluding carboxylic acids is 1. The van der Waals surface area contributed by atoms with Gasteiger partial charge in [0.1, 0.15) is 11.6 Å². The number of pyridine rings is 3. The second-order valence-corrected chi connectivity index (χ2v) is 6.49. The monoisotopic (exact) mass is 373 g/mol. The Morgan fingerprint density at radius 1 is 1.14 bits per heavy atom. The van der Waals surface area contributed by atoms with Crippen molar-refractivity contribution in [2.45, 2.75) is 12.8 Å². The van der Waals surface area contributed by atoms with Crippen LogP contribution in [0.2, 0.25) is 0 Å². The SMILES string of the molecule is CNc1ncc(C#Cc2ccnc(OC)c2)c2cc(NC(=O)C3CC3)ncc12. The predicted molar refractivity (Wildman–Crippen MR) is 107 cm³/mol. The molecule has 1 aliphatic rings. The van der Waals surface area contributed by atoms with Crippen molar-refractivity contribution >= 4 is 28.3 Å². The van der Waals surface area contributed by atoms with Gasteiger partial charge in [-0.15, -0.1) is 0 Å². The van der Waals surface area contributed by atoms with Gasteiger partial charge in [-0.2, -0.15) is 0 Å². The summed E-state index contributed by atoms with van der Waals surface area (Å²) in [6.45, 7) is 0. The summed E-state index contributed by atoms with van der Waals surface area (Å²) in [7, 11) is 3.37. The Balaban J connectivity index is 1.74. The first-order chi connectivity index (χ1) is 13.7. The van der Waals surface area contributed by atoms with Crippen molar-refractivity contribution in [1.82, 2.24) is 15.0 Å². The van der Waals surface area contributed by atoms with E-state index in [4.69, 9.17) is 4.74 Å². The van der Waals surface area contributed by atoms with Crippen molar-refractivity contribution in [2.24, 2.45) is 5.92 Å². The molecule has 0 aliphatic heterocycles. The molecule has 3 aromatic rings. The standard InChI is InChI=1S/C21H19N5O2/c1-22-20-17-12-24-18(26-21(27)14-5-6-14)10-16(17)15(11-25-20)4-3-13-7-8-23-19(9-13)28-2/h7-12,14H,5-6H2,1-2H3,(H,22,25)(H,24,26,27). The topological polar surface area (TPSA) is 89.0 Å². The molecule has 7 nitrogen and oxygen atoms in total. The lowest BCUT2D eigenvalue weighted by Crippen LogP contribution is -2.14. The summed E-state index contributed by atoms with van der Waals surface area (Å²) in [5.74, 6) is 8.14. The number of fused-ring (bicyclic) bond motifs is 1. The van der Waals surface area contributed by atoms with Gasteiger partial charge in [0.05, 0.1) is 12.7 Å². The molecule has 0 bridgehead atoms. The number of amides is 1. The molecule has 3 aromatic heterocycles. The number of nitrogens with one attached hydrogen (secondary N) is 2. The fourth-order valence-corrected chi connectivity index (χ4v) is 2.81. The van der Waals surface area contributed by atoms with Gasteiger partial charge in [0, 0.05) is 54.0 Å². The summed E-state index contributed by atoms with van der Waals surface area (Å²) in [6.07, 6.45) is 6.96. The fraction of sp³-hybridized carbons (Fsp3) is 0.238. The van der Waals surface area contributed by atoms with Gasteiger partial charge in [-0.05, 0) is 25.0 Å². The first-order valence-electron chi connectivity index (χ1n) is 8.97. The Kier molecular flexibility index (Phi) is 4.77. The molecule has 1 amide bonds. The maximum atomic E-state index is 12.1. The van der Waals surface area contributed by atoms with Crippen molar-refractivity contribution < 1.29 is 9.53 Å². The van der Waals surface area contributed by atoms with E-state index in [0.717, 1.165) is 34.7 Å². The van der Waals surface area contributed by atoms with Crippen molar-refractivity contribution in [3.63, 3.8) is 0 Å². The number of ether oxygens (including phenoxy) is 1. The molecule has 1 aliphatic carbocycles. The first kappa shape index (κ1) is 17.7. The van der Waals surface area contributed by atoms with Gasteiger partial charge >= 0.3 is 0 Å². The highest BCUT2D eigenvalue weighted by Crippen LogP contribution is 2.31. The Bertz CT molecular complexity index is 1110. The molecule has 7 heteroatoms. The van der Waals surface area contributed by atoms with Crippen molar-refractivity contribution in [3.05, 3.63) is 47.9 Å². The van der Waals surface area contributed by atoms with Crippen LogP contribution >= 0.6 is 0 Å². The van der Waals surface area contributed by atoms with Gasteiger partial charge < -0.3 is 15.4 Å². The van der Waals surface area contributed by atoms with E-state index in [-0.39, 0.29) is 11.8 Å². The van der Waals surface area contributed by atoms with Crippen molar-refractivity contribution in [3.8, 4) is 17.7 Å². The zero-order valence-electron chi connectivity index (χ0n) is 15.6. The lowest BCUT2D eigenvalue weighted by atomic mass is 10.1. The second-order valence-electron chi connectivity index (χ2n) is 6.49. The molecular weight excluding hydrogens is 354 g/mol. The van der Waals surface area contributed by atoms with E-state index in [1.807, 2.05) is 12.1 Å². The number of carbonyl (C=O) groups is 1. The van der Waals surface area contributed by atoms with Crippen LogP contribution in [0.1, 0.15) is 24.0 Å². The molecule has 1 fully saturated rings. The van der Waals surface area contributed by atoms with Crippen LogP contribution in [0.4, 0.5) is 11.6 Å². The highest BCUT2D eigenvalue weighted by atomic mass is 16.5. The molecule has 0 saturated heterocycles. The largest absolute Gasteiger partial charge is 0.481 e. The number of rotatable bonds is 4. The lowest BCUT2D eigenvalue weighted by Gasteiger charge is -2.09. The van der Waals surface area contributed by atoms with Gasteiger partial charge in [-0.3, -0.25) is 4.79 Å². The van der Waals surface area contributed by atoms with Crippen LogP contribution in [0.15, 0.2) is 36.8 Å². The summed E-state index contributed by atoms with van der Waals surface area (Å²) >= 11 is 0. The van der Waals surface area contributed by atoms with Gasteiger partial charge in [0.15, 0.2) is 0 Å². The number of nitrogens with zero attached hydrogens (tertiary/aromatic N) is 3. The minimum Gasteiger partial charge on any atom is -0.481 e. The van der Waals surface area contributed by atoms with E-state index in [1.54, 1.807) is 38.8 Å². The summed E-state index contributed by atoms with van der Waals surface area (Å²) in [4.78, 5) is 24.9. The first-order valence-corrected chi connectivity index (χ1v) is 8.97. The molecule has 1 saturated carbocycles. The molecule has 140 valence electrons. The predicted octanol–water partition coefficient (Wildman–Crippen LogP) is 2.82.